The van der Waals surface area contributed by atoms with Crippen LogP contribution in [-0.4, -0.2) is 81.5 Å². The van der Waals surface area contributed by atoms with E-state index >= 15 is 4.39 Å². The molecule has 0 radical (unpaired) electrons. The van der Waals surface area contributed by atoms with Crippen molar-refractivity contribution in [1.29, 1.82) is 0 Å². The van der Waals surface area contributed by atoms with Crippen LogP contribution in [0.2, 0.25) is 0 Å². The summed E-state index contributed by atoms with van der Waals surface area (Å²) in [6, 6.07) is 9.93. The number of hydrogen-bond donors (Lipinski definition) is 2. The third kappa shape index (κ3) is 3.85. The molecule has 3 unspecified atom stereocenters. The fourth-order valence-electron chi connectivity index (χ4n) is 8.61. The van der Waals surface area contributed by atoms with Crippen molar-refractivity contribution in [3.8, 4) is 28.9 Å². The Labute approximate surface area is 249 Å². The average Bonchev–Trinajstić information content (AvgIpc) is 3.67. The summed E-state index contributed by atoms with van der Waals surface area (Å²) in [5.41, 5.74) is 1.72. The number of pyridine rings is 1. The van der Waals surface area contributed by atoms with Gasteiger partial charge in [0.2, 0.25) is 5.88 Å². The van der Waals surface area contributed by atoms with Crippen molar-refractivity contribution in [3.05, 3.63) is 41.7 Å². The minimum Gasteiger partial charge on any atom is -0.508 e. The Morgan fingerprint density at radius 3 is 2.84 bits per heavy atom. The van der Waals surface area contributed by atoms with Gasteiger partial charge in [0.05, 0.1) is 11.6 Å². The van der Waals surface area contributed by atoms with Crippen LogP contribution in [-0.2, 0) is 0 Å². The molecule has 4 fully saturated rings. The molecule has 222 valence electrons. The van der Waals surface area contributed by atoms with Gasteiger partial charge in [-0.3, -0.25) is 4.90 Å². The fraction of sp³-hybridized carbons (Fsp3) is 0.485. The second-order valence-electron chi connectivity index (χ2n) is 13.1. The molecule has 9 nitrogen and oxygen atoms in total. The first-order valence-corrected chi connectivity index (χ1v) is 15.6. The van der Waals surface area contributed by atoms with Gasteiger partial charge in [0.25, 0.3) is 0 Å². The van der Waals surface area contributed by atoms with Crippen molar-refractivity contribution >= 4 is 27.5 Å². The maximum absolute atomic E-state index is 16.9. The number of aromatic nitrogens is 3. The van der Waals surface area contributed by atoms with Crippen LogP contribution in [0, 0.1) is 12.7 Å². The van der Waals surface area contributed by atoms with Crippen LogP contribution < -0.4 is 19.7 Å². The minimum atomic E-state index is -0.566. The minimum absolute atomic E-state index is 0.0113. The topological polar surface area (TPSA) is 95.9 Å². The van der Waals surface area contributed by atoms with E-state index in [1.165, 1.54) is 12.8 Å². The predicted octanol–water partition coefficient (Wildman–Crippen LogP) is 4.71. The Bertz CT molecular complexity index is 1790. The average molecular weight is 583 g/mol. The van der Waals surface area contributed by atoms with Crippen molar-refractivity contribution in [2.24, 2.45) is 0 Å². The second kappa shape index (κ2) is 9.37. The first-order valence-electron chi connectivity index (χ1n) is 15.6. The van der Waals surface area contributed by atoms with Crippen molar-refractivity contribution in [2.75, 3.05) is 37.7 Å². The number of phenols is 1. The third-order valence-electron chi connectivity index (χ3n) is 10.6. The van der Waals surface area contributed by atoms with Gasteiger partial charge in [-0.2, -0.15) is 9.97 Å². The predicted molar refractivity (Wildman–Crippen MR) is 161 cm³/mol. The monoisotopic (exact) mass is 582 g/mol. The summed E-state index contributed by atoms with van der Waals surface area (Å²) in [5, 5.41) is 16.5. The molecule has 5 aliphatic rings. The number of benzene rings is 2. The zero-order valence-electron chi connectivity index (χ0n) is 24.3. The Hall–Kier alpha value is -3.76. The van der Waals surface area contributed by atoms with E-state index in [4.69, 9.17) is 24.4 Å². The summed E-state index contributed by atoms with van der Waals surface area (Å²) in [6.45, 7) is 5.83. The maximum Gasteiger partial charge on any atom is 0.319 e. The van der Waals surface area contributed by atoms with Crippen LogP contribution in [0.1, 0.15) is 44.1 Å². The maximum atomic E-state index is 16.9. The molecule has 5 aliphatic heterocycles. The van der Waals surface area contributed by atoms with Gasteiger partial charge in [-0.15, -0.1) is 0 Å². The molecule has 10 heteroatoms. The first-order chi connectivity index (χ1) is 21.0. The highest BCUT2D eigenvalue weighted by Gasteiger charge is 2.46. The van der Waals surface area contributed by atoms with Gasteiger partial charge in [-0.25, -0.2) is 9.37 Å². The first kappa shape index (κ1) is 25.7. The summed E-state index contributed by atoms with van der Waals surface area (Å²) in [7, 11) is 0. The quantitative estimate of drug-likeness (QED) is 0.355. The fourth-order valence-corrected chi connectivity index (χ4v) is 8.61. The van der Waals surface area contributed by atoms with Gasteiger partial charge in [-0.1, -0.05) is 18.2 Å². The van der Waals surface area contributed by atoms with E-state index in [0.29, 0.717) is 41.9 Å². The molecule has 0 aliphatic carbocycles. The van der Waals surface area contributed by atoms with Crippen LogP contribution in [0.5, 0.6) is 17.6 Å². The van der Waals surface area contributed by atoms with E-state index in [9.17, 15) is 5.11 Å². The molecule has 2 aromatic heterocycles. The lowest BCUT2D eigenvalue weighted by Crippen LogP contribution is -2.60. The molecule has 9 rings (SSSR count). The van der Waals surface area contributed by atoms with E-state index in [1.807, 2.05) is 25.1 Å². The molecule has 7 heterocycles. The Kier molecular flexibility index (Phi) is 5.60. The zero-order chi connectivity index (χ0) is 28.9. The van der Waals surface area contributed by atoms with Gasteiger partial charge >= 0.3 is 6.01 Å². The molecule has 4 saturated heterocycles. The summed E-state index contributed by atoms with van der Waals surface area (Å²) in [5.74, 6) is 0.437. The molecule has 4 aromatic rings. The van der Waals surface area contributed by atoms with E-state index in [-0.39, 0.29) is 40.6 Å². The number of phenolic OH excluding ortho intramolecular Hbond substituents is 1. The summed E-state index contributed by atoms with van der Waals surface area (Å²) < 4.78 is 29.8. The SMILES string of the molecule is Cc1cccc2cc(O)cc(-c3nc4c5c(nc(OCC67CCCN6CCC7)nc5c3F)N3CC5CCC(N5)C3CO4)c12. The van der Waals surface area contributed by atoms with Gasteiger partial charge in [-0.05, 0) is 87.0 Å². The zero-order valence-corrected chi connectivity index (χ0v) is 24.3. The Balaban J connectivity index is 1.24. The summed E-state index contributed by atoms with van der Waals surface area (Å²) >= 11 is 0. The number of aromatic hydroxyl groups is 1. The van der Waals surface area contributed by atoms with Crippen molar-refractivity contribution in [2.45, 2.75) is 69.1 Å². The van der Waals surface area contributed by atoms with Crippen molar-refractivity contribution < 1.29 is 19.0 Å². The molecular weight excluding hydrogens is 547 g/mol. The van der Waals surface area contributed by atoms with Crippen LogP contribution in [0.3, 0.4) is 0 Å². The lowest BCUT2D eigenvalue weighted by Gasteiger charge is -2.40. The van der Waals surface area contributed by atoms with Crippen LogP contribution in [0.15, 0.2) is 30.3 Å². The number of fused-ring (bicyclic) bond motifs is 7. The molecule has 0 amide bonds. The molecule has 0 saturated carbocycles. The highest BCUT2D eigenvalue weighted by atomic mass is 19.1. The number of rotatable bonds is 4. The highest BCUT2D eigenvalue weighted by Crippen LogP contribution is 2.45. The number of nitrogens with one attached hydrogen (secondary N) is 1. The van der Waals surface area contributed by atoms with Crippen LogP contribution >= 0.6 is 0 Å². The number of aryl methyl sites for hydroxylation is 1. The lowest BCUT2D eigenvalue weighted by molar-refractivity contribution is 0.108. The lowest BCUT2D eigenvalue weighted by atomic mass is 9.95. The van der Waals surface area contributed by atoms with E-state index in [0.717, 1.165) is 61.7 Å². The molecule has 2 N–H and O–H groups in total. The standard InChI is InChI=1S/C33H35FN6O3/c1-18-5-2-6-19-13-21(41)14-22(25(18)19)28-27(34)29-26-30(38-32(37-29)43-17-33-9-3-11-39(33)12-4-10-33)40-15-20-7-8-23(35-20)24(40)16-42-31(26)36-28/h2,5-6,13-14,20,23-24,35,41H,3-4,7-12,15-17H2,1H3. The van der Waals surface area contributed by atoms with Gasteiger partial charge in [0, 0.05) is 24.2 Å². The smallest absolute Gasteiger partial charge is 0.319 e. The van der Waals surface area contributed by atoms with Gasteiger partial charge < -0.3 is 24.8 Å². The third-order valence-corrected chi connectivity index (χ3v) is 10.6. The van der Waals surface area contributed by atoms with Crippen molar-refractivity contribution in [3.63, 3.8) is 0 Å². The number of halogens is 1. The number of ether oxygens (including phenoxy) is 2. The van der Waals surface area contributed by atoms with Crippen LogP contribution in [0.25, 0.3) is 32.9 Å². The number of anilines is 1. The Morgan fingerprint density at radius 2 is 1.98 bits per heavy atom. The van der Waals surface area contributed by atoms with E-state index in [2.05, 4.69) is 15.1 Å². The molecule has 3 atom stereocenters. The van der Waals surface area contributed by atoms with Crippen molar-refractivity contribution in [1.82, 2.24) is 25.2 Å². The molecule has 43 heavy (non-hydrogen) atoms. The van der Waals surface area contributed by atoms with Gasteiger partial charge in [0.15, 0.2) is 5.82 Å². The van der Waals surface area contributed by atoms with Crippen LogP contribution in [0.4, 0.5) is 10.2 Å². The summed E-state index contributed by atoms with van der Waals surface area (Å²) in [4.78, 5) is 19.4. The highest BCUT2D eigenvalue weighted by molar-refractivity contribution is 6.03. The number of hydrogen-bond acceptors (Lipinski definition) is 9. The normalized spacial score (nSPS) is 25.5. The molecule has 2 bridgehead atoms. The largest absolute Gasteiger partial charge is 0.508 e. The number of nitrogens with zero attached hydrogens (tertiary/aromatic N) is 5. The molecular formula is C33H35FN6O3. The molecule has 0 spiro atoms. The summed E-state index contributed by atoms with van der Waals surface area (Å²) in [6.07, 6.45) is 6.68. The van der Waals surface area contributed by atoms with Gasteiger partial charge in [0.1, 0.15) is 41.4 Å². The number of piperazine rings is 1. The molecule has 2 aromatic carbocycles. The Morgan fingerprint density at radius 1 is 1.12 bits per heavy atom. The van der Waals surface area contributed by atoms with E-state index < -0.39 is 5.82 Å². The second-order valence-corrected chi connectivity index (χ2v) is 13.1. The van der Waals surface area contributed by atoms with E-state index in [1.54, 1.807) is 12.1 Å².